The second-order valence-electron chi connectivity index (χ2n) is 7.25. The Morgan fingerprint density at radius 2 is 1.90 bits per heavy atom. The minimum atomic E-state index is -0.290. The summed E-state index contributed by atoms with van der Waals surface area (Å²) < 4.78 is 11.3. The van der Waals surface area contributed by atoms with Crippen LogP contribution in [0.15, 0.2) is 42.5 Å². The fourth-order valence-electron chi connectivity index (χ4n) is 3.67. The van der Waals surface area contributed by atoms with E-state index >= 15 is 0 Å². The van der Waals surface area contributed by atoms with E-state index in [2.05, 4.69) is 16.7 Å². The van der Waals surface area contributed by atoms with Crippen LogP contribution in [0.1, 0.15) is 36.8 Å². The highest BCUT2D eigenvalue weighted by Gasteiger charge is 2.26. The van der Waals surface area contributed by atoms with Gasteiger partial charge in [-0.1, -0.05) is 37.1 Å². The van der Waals surface area contributed by atoms with Gasteiger partial charge in [0.15, 0.2) is 0 Å². The van der Waals surface area contributed by atoms with Gasteiger partial charge in [0.25, 0.3) is 0 Å². The van der Waals surface area contributed by atoms with Crippen LogP contribution in [-0.2, 0) is 6.61 Å². The smallest absolute Gasteiger partial charge is 0.319 e. The molecule has 0 aliphatic heterocycles. The number of benzene rings is 2. The van der Waals surface area contributed by atoms with Crippen molar-refractivity contribution in [1.29, 1.82) is 5.26 Å². The molecule has 0 saturated heterocycles. The van der Waals surface area contributed by atoms with E-state index in [9.17, 15) is 10.1 Å². The number of nitriles is 1. The van der Waals surface area contributed by atoms with Crippen molar-refractivity contribution in [2.24, 2.45) is 5.92 Å². The number of hydrogen-bond acceptors (Lipinski definition) is 4. The summed E-state index contributed by atoms with van der Waals surface area (Å²) in [7, 11) is 1.64. The molecule has 6 nitrogen and oxygen atoms in total. The van der Waals surface area contributed by atoms with Crippen molar-refractivity contribution in [3.63, 3.8) is 0 Å². The molecule has 0 radical (unpaired) electrons. The van der Waals surface area contributed by atoms with Crippen molar-refractivity contribution in [1.82, 2.24) is 5.32 Å². The Morgan fingerprint density at radius 3 is 2.69 bits per heavy atom. The molecule has 1 aliphatic rings. The Kier molecular flexibility index (Phi) is 6.96. The molecule has 2 aromatic rings. The Hall–Kier alpha value is -3.20. The van der Waals surface area contributed by atoms with E-state index < -0.39 is 0 Å². The second kappa shape index (κ2) is 9.83. The van der Waals surface area contributed by atoms with Crippen LogP contribution in [0.2, 0.25) is 0 Å². The van der Waals surface area contributed by atoms with Crippen molar-refractivity contribution in [2.75, 3.05) is 12.4 Å². The third-order valence-electron chi connectivity index (χ3n) is 5.36. The molecule has 0 aromatic heterocycles. The fraction of sp³-hybridized carbons (Fsp3) is 0.391. The van der Waals surface area contributed by atoms with Gasteiger partial charge in [0.2, 0.25) is 0 Å². The van der Waals surface area contributed by atoms with Crippen LogP contribution >= 0.6 is 0 Å². The van der Waals surface area contributed by atoms with Crippen LogP contribution in [0.3, 0.4) is 0 Å². The predicted molar refractivity (Wildman–Crippen MR) is 112 cm³/mol. The molecular weight excluding hydrogens is 366 g/mol. The molecule has 0 bridgehead atoms. The van der Waals surface area contributed by atoms with Gasteiger partial charge >= 0.3 is 6.03 Å². The lowest BCUT2D eigenvalue weighted by atomic mass is 9.85. The maximum absolute atomic E-state index is 12.5. The third-order valence-corrected chi connectivity index (χ3v) is 5.36. The van der Waals surface area contributed by atoms with E-state index in [-0.39, 0.29) is 18.0 Å². The third kappa shape index (κ3) is 5.20. The summed E-state index contributed by atoms with van der Waals surface area (Å²) in [6.07, 6.45) is 3.76. The molecule has 2 atom stereocenters. The summed E-state index contributed by atoms with van der Waals surface area (Å²) >= 11 is 0. The molecule has 6 heteroatoms. The zero-order chi connectivity index (χ0) is 20.6. The number of amides is 2. The number of ether oxygens (including phenoxy) is 2. The summed E-state index contributed by atoms with van der Waals surface area (Å²) in [4.78, 5) is 12.5. The van der Waals surface area contributed by atoms with Crippen LogP contribution < -0.4 is 20.1 Å². The average Bonchev–Trinajstić information content (AvgIpc) is 2.75. The van der Waals surface area contributed by atoms with Crippen LogP contribution in [0.5, 0.6) is 11.5 Å². The van der Waals surface area contributed by atoms with E-state index in [0.717, 1.165) is 42.6 Å². The highest BCUT2D eigenvalue weighted by atomic mass is 16.5. The first-order chi connectivity index (χ1) is 14.1. The van der Waals surface area contributed by atoms with Crippen molar-refractivity contribution in [2.45, 2.75) is 45.3 Å². The Bertz CT molecular complexity index is 891. The molecule has 1 aliphatic carbocycles. The topological polar surface area (TPSA) is 83.4 Å². The lowest BCUT2D eigenvalue weighted by Gasteiger charge is -2.27. The van der Waals surface area contributed by atoms with E-state index in [1.54, 1.807) is 7.11 Å². The first-order valence-corrected chi connectivity index (χ1v) is 9.94. The van der Waals surface area contributed by atoms with Crippen LogP contribution in [0.4, 0.5) is 10.5 Å². The molecule has 1 fully saturated rings. The molecule has 29 heavy (non-hydrogen) atoms. The normalized spacial score (nSPS) is 18.4. The quantitative estimate of drug-likeness (QED) is 0.739. The standard InChI is InChI=1S/C23H27N3O3/c1-16-19(25-23(27)26-20-10-5-3-8-17(20)14-24)11-7-13-21(16)29-15-18-9-4-6-12-22(18)28-2/h4,6-7,9,11-13,17,20H,3,5,8,10,15H2,1-2H3,(H2,25,26,27). The lowest BCUT2D eigenvalue weighted by molar-refractivity contribution is 0.238. The van der Waals surface area contributed by atoms with Gasteiger partial charge in [-0.2, -0.15) is 5.26 Å². The molecule has 0 spiro atoms. The number of rotatable bonds is 6. The van der Waals surface area contributed by atoms with Gasteiger partial charge < -0.3 is 20.1 Å². The van der Waals surface area contributed by atoms with Crippen LogP contribution in [0.25, 0.3) is 0 Å². The number of nitrogens with zero attached hydrogens (tertiary/aromatic N) is 1. The monoisotopic (exact) mass is 393 g/mol. The Balaban J connectivity index is 1.64. The van der Waals surface area contributed by atoms with E-state index in [4.69, 9.17) is 9.47 Å². The average molecular weight is 393 g/mol. The number of anilines is 1. The Morgan fingerprint density at radius 1 is 1.14 bits per heavy atom. The molecule has 152 valence electrons. The van der Waals surface area contributed by atoms with Crippen LogP contribution in [0, 0.1) is 24.2 Å². The van der Waals surface area contributed by atoms with Crippen molar-refractivity contribution in [3.05, 3.63) is 53.6 Å². The van der Waals surface area contributed by atoms with E-state index in [1.165, 1.54) is 0 Å². The zero-order valence-electron chi connectivity index (χ0n) is 16.9. The maximum Gasteiger partial charge on any atom is 0.319 e. The number of para-hydroxylation sites is 1. The van der Waals surface area contributed by atoms with E-state index in [0.29, 0.717) is 18.0 Å². The van der Waals surface area contributed by atoms with Crippen molar-refractivity contribution >= 4 is 11.7 Å². The molecule has 1 saturated carbocycles. The van der Waals surface area contributed by atoms with E-state index in [1.807, 2.05) is 49.4 Å². The Labute approximate surface area is 171 Å². The highest BCUT2D eigenvalue weighted by molar-refractivity contribution is 5.90. The highest BCUT2D eigenvalue weighted by Crippen LogP contribution is 2.28. The minimum absolute atomic E-state index is 0.0981. The largest absolute Gasteiger partial charge is 0.496 e. The van der Waals surface area contributed by atoms with Gasteiger partial charge in [-0.15, -0.1) is 0 Å². The first kappa shape index (κ1) is 20.5. The van der Waals surface area contributed by atoms with Crippen LogP contribution in [-0.4, -0.2) is 19.2 Å². The minimum Gasteiger partial charge on any atom is -0.496 e. The summed E-state index contributed by atoms with van der Waals surface area (Å²) in [6, 6.07) is 15.2. The number of carbonyl (C=O) groups excluding carboxylic acids is 1. The molecular formula is C23H27N3O3. The van der Waals surface area contributed by atoms with Gasteiger partial charge in [-0.3, -0.25) is 0 Å². The number of carbonyl (C=O) groups is 1. The summed E-state index contributed by atoms with van der Waals surface area (Å²) in [6.45, 7) is 2.28. The molecule has 2 N–H and O–H groups in total. The SMILES string of the molecule is COc1ccccc1COc1cccc(NC(=O)NC2CCCCC2C#N)c1C. The number of urea groups is 1. The number of methoxy groups -OCH3 is 1. The summed E-state index contributed by atoms with van der Waals surface area (Å²) in [5, 5.41) is 15.1. The van der Waals surface area contributed by atoms with Gasteiger partial charge in [0.1, 0.15) is 18.1 Å². The van der Waals surface area contributed by atoms with Gasteiger partial charge in [0, 0.05) is 22.9 Å². The summed E-state index contributed by atoms with van der Waals surface area (Å²) in [5.41, 5.74) is 2.48. The zero-order valence-corrected chi connectivity index (χ0v) is 16.9. The maximum atomic E-state index is 12.5. The number of hydrogen-bond donors (Lipinski definition) is 2. The van der Waals surface area contributed by atoms with Gasteiger partial charge in [0.05, 0.1) is 19.1 Å². The van der Waals surface area contributed by atoms with Gasteiger partial charge in [-0.05, 0) is 38.0 Å². The second-order valence-corrected chi connectivity index (χ2v) is 7.25. The molecule has 2 amide bonds. The predicted octanol–water partition coefficient (Wildman–Crippen LogP) is 4.79. The fourth-order valence-corrected chi connectivity index (χ4v) is 3.67. The molecule has 0 heterocycles. The number of nitrogens with one attached hydrogen (secondary N) is 2. The van der Waals surface area contributed by atoms with Crippen molar-refractivity contribution in [3.8, 4) is 17.6 Å². The van der Waals surface area contributed by atoms with Crippen molar-refractivity contribution < 1.29 is 14.3 Å². The molecule has 3 rings (SSSR count). The lowest BCUT2D eigenvalue weighted by Crippen LogP contribution is -2.43. The molecule has 2 unspecified atom stereocenters. The first-order valence-electron chi connectivity index (χ1n) is 9.94. The van der Waals surface area contributed by atoms with Gasteiger partial charge in [-0.25, -0.2) is 4.79 Å². The molecule has 2 aromatic carbocycles. The summed E-state index contributed by atoms with van der Waals surface area (Å²) in [5.74, 6) is 1.35.